The molecule has 0 aliphatic carbocycles. The summed E-state index contributed by atoms with van der Waals surface area (Å²) < 4.78 is 5.19. The fourth-order valence-electron chi connectivity index (χ4n) is 1.13. The lowest BCUT2D eigenvalue weighted by atomic mass is 9.94. The molecule has 2 heteroatoms. The van der Waals surface area contributed by atoms with Gasteiger partial charge in [-0.3, -0.25) is 0 Å². The van der Waals surface area contributed by atoms with Crippen LogP contribution in [0.3, 0.4) is 0 Å². The van der Waals surface area contributed by atoms with Gasteiger partial charge < -0.3 is 9.52 Å². The predicted octanol–water partition coefficient (Wildman–Crippen LogP) is 2.01. The predicted molar refractivity (Wildman–Crippen MR) is 43.4 cm³/mol. The Hall–Kier alpha value is -0.760. The molecule has 0 aliphatic heterocycles. The number of furan rings is 1. The molecule has 0 saturated heterocycles. The second-order valence-corrected chi connectivity index (χ2v) is 3.05. The van der Waals surface area contributed by atoms with Crippen LogP contribution in [0.4, 0.5) is 0 Å². The van der Waals surface area contributed by atoms with E-state index in [-0.39, 0.29) is 12.5 Å². The maximum atomic E-state index is 9.01. The third kappa shape index (κ3) is 1.84. The van der Waals surface area contributed by atoms with E-state index in [4.69, 9.17) is 9.52 Å². The zero-order valence-electron chi connectivity index (χ0n) is 6.95. The van der Waals surface area contributed by atoms with E-state index in [1.165, 1.54) is 0 Å². The van der Waals surface area contributed by atoms with E-state index in [2.05, 4.69) is 13.8 Å². The lowest BCUT2D eigenvalue weighted by molar-refractivity contribution is 0.219. The zero-order valence-corrected chi connectivity index (χ0v) is 6.95. The van der Waals surface area contributed by atoms with Gasteiger partial charge in [0.25, 0.3) is 0 Å². The molecule has 0 aliphatic rings. The molecule has 1 aromatic rings. The van der Waals surface area contributed by atoms with Gasteiger partial charge in [0.05, 0.1) is 12.9 Å². The highest BCUT2D eigenvalue weighted by atomic mass is 16.3. The molecule has 0 aromatic carbocycles. The van der Waals surface area contributed by atoms with Crippen LogP contribution in [0.25, 0.3) is 0 Å². The summed E-state index contributed by atoms with van der Waals surface area (Å²) in [5.41, 5.74) is 0. The first-order chi connectivity index (χ1) is 5.25. The summed E-state index contributed by atoms with van der Waals surface area (Å²) in [6, 6.07) is 3.75. The maximum Gasteiger partial charge on any atom is 0.109 e. The number of rotatable bonds is 3. The maximum absolute atomic E-state index is 9.01. The number of aliphatic hydroxyl groups is 1. The molecule has 0 fully saturated rings. The van der Waals surface area contributed by atoms with Crippen molar-refractivity contribution in [3.63, 3.8) is 0 Å². The molecule has 0 radical (unpaired) electrons. The molecule has 1 heterocycles. The standard InChI is InChI=1S/C9H14O2/c1-7(2)8(6-10)9-4-3-5-11-9/h3-5,7-8,10H,6H2,1-2H3. The van der Waals surface area contributed by atoms with Crippen LogP contribution in [0.1, 0.15) is 25.5 Å². The van der Waals surface area contributed by atoms with Gasteiger partial charge in [-0.15, -0.1) is 0 Å². The second-order valence-electron chi connectivity index (χ2n) is 3.05. The molecule has 2 nitrogen and oxygen atoms in total. The molecule has 1 N–H and O–H groups in total. The van der Waals surface area contributed by atoms with Gasteiger partial charge in [-0.05, 0) is 18.1 Å². The van der Waals surface area contributed by atoms with E-state index in [0.29, 0.717) is 5.92 Å². The first-order valence-electron chi connectivity index (χ1n) is 3.90. The third-order valence-corrected chi connectivity index (χ3v) is 1.91. The fourth-order valence-corrected chi connectivity index (χ4v) is 1.13. The van der Waals surface area contributed by atoms with Gasteiger partial charge in [0.1, 0.15) is 5.76 Å². The van der Waals surface area contributed by atoms with Crippen molar-refractivity contribution < 1.29 is 9.52 Å². The number of aliphatic hydroxyl groups excluding tert-OH is 1. The van der Waals surface area contributed by atoms with Crippen molar-refractivity contribution in [2.45, 2.75) is 19.8 Å². The molecular weight excluding hydrogens is 140 g/mol. The van der Waals surface area contributed by atoms with E-state index in [0.717, 1.165) is 5.76 Å². The van der Waals surface area contributed by atoms with Crippen LogP contribution >= 0.6 is 0 Å². The van der Waals surface area contributed by atoms with E-state index in [1.807, 2.05) is 12.1 Å². The fraction of sp³-hybridized carbons (Fsp3) is 0.556. The van der Waals surface area contributed by atoms with E-state index in [9.17, 15) is 0 Å². The summed E-state index contributed by atoms with van der Waals surface area (Å²) in [4.78, 5) is 0. The Morgan fingerprint density at radius 3 is 2.64 bits per heavy atom. The lowest BCUT2D eigenvalue weighted by Gasteiger charge is -2.14. The molecule has 0 spiro atoms. The highest BCUT2D eigenvalue weighted by Crippen LogP contribution is 2.23. The smallest absolute Gasteiger partial charge is 0.109 e. The first kappa shape index (κ1) is 8.34. The van der Waals surface area contributed by atoms with Crippen molar-refractivity contribution in [2.24, 2.45) is 5.92 Å². The van der Waals surface area contributed by atoms with E-state index >= 15 is 0 Å². The van der Waals surface area contributed by atoms with Crippen LogP contribution in [-0.2, 0) is 0 Å². The van der Waals surface area contributed by atoms with Crippen molar-refractivity contribution in [3.05, 3.63) is 24.2 Å². The molecule has 0 saturated carbocycles. The van der Waals surface area contributed by atoms with Crippen molar-refractivity contribution in [1.82, 2.24) is 0 Å². The Kier molecular flexibility index (Phi) is 2.71. The third-order valence-electron chi connectivity index (χ3n) is 1.91. The first-order valence-corrected chi connectivity index (χ1v) is 3.90. The Morgan fingerprint density at radius 2 is 2.27 bits per heavy atom. The Bertz CT molecular complexity index is 189. The Balaban J connectivity index is 2.71. The summed E-state index contributed by atoms with van der Waals surface area (Å²) in [6.07, 6.45) is 1.64. The lowest BCUT2D eigenvalue weighted by Crippen LogP contribution is -2.09. The highest BCUT2D eigenvalue weighted by molar-refractivity contribution is 5.05. The Labute approximate surface area is 66.8 Å². The van der Waals surface area contributed by atoms with Gasteiger partial charge in [-0.1, -0.05) is 13.8 Å². The molecule has 1 rings (SSSR count). The van der Waals surface area contributed by atoms with Crippen molar-refractivity contribution >= 4 is 0 Å². The molecule has 11 heavy (non-hydrogen) atoms. The molecule has 0 bridgehead atoms. The summed E-state index contributed by atoms with van der Waals surface area (Å²) in [5, 5.41) is 9.01. The largest absolute Gasteiger partial charge is 0.469 e. The SMILES string of the molecule is CC(C)C(CO)c1ccco1. The topological polar surface area (TPSA) is 33.4 Å². The summed E-state index contributed by atoms with van der Waals surface area (Å²) in [7, 11) is 0. The van der Waals surface area contributed by atoms with Gasteiger partial charge >= 0.3 is 0 Å². The van der Waals surface area contributed by atoms with Crippen LogP contribution in [0.5, 0.6) is 0 Å². The van der Waals surface area contributed by atoms with Gasteiger partial charge in [-0.25, -0.2) is 0 Å². The minimum atomic E-state index is 0.144. The molecule has 1 unspecified atom stereocenters. The van der Waals surface area contributed by atoms with Gasteiger partial charge in [0.15, 0.2) is 0 Å². The molecular formula is C9H14O2. The summed E-state index contributed by atoms with van der Waals surface area (Å²) in [5.74, 6) is 1.44. The number of hydrogen-bond donors (Lipinski definition) is 1. The molecule has 0 amide bonds. The average molecular weight is 154 g/mol. The van der Waals surface area contributed by atoms with Crippen LogP contribution in [0.15, 0.2) is 22.8 Å². The minimum absolute atomic E-state index is 0.144. The van der Waals surface area contributed by atoms with Crippen LogP contribution in [0.2, 0.25) is 0 Å². The van der Waals surface area contributed by atoms with Gasteiger partial charge in [-0.2, -0.15) is 0 Å². The van der Waals surface area contributed by atoms with Crippen LogP contribution < -0.4 is 0 Å². The average Bonchev–Trinajstić information content (AvgIpc) is 2.40. The zero-order chi connectivity index (χ0) is 8.27. The van der Waals surface area contributed by atoms with Crippen molar-refractivity contribution in [1.29, 1.82) is 0 Å². The van der Waals surface area contributed by atoms with Gasteiger partial charge in [0.2, 0.25) is 0 Å². The van der Waals surface area contributed by atoms with Crippen molar-refractivity contribution in [2.75, 3.05) is 6.61 Å². The number of hydrogen-bond acceptors (Lipinski definition) is 2. The van der Waals surface area contributed by atoms with E-state index < -0.39 is 0 Å². The van der Waals surface area contributed by atoms with Crippen molar-refractivity contribution in [3.8, 4) is 0 Å². The normalized spacial score (nSPS) is 13.8. The summed E-state index contributed by atoms with van der Waals surface area (Å²) >= 11 is 0. The van der Waals surface area contributed by atoms with Crippen LogP contribution in [0, 0.1) is 5.92 Å². The monoisotopic (exact) mass is 154 g/mol. The summed E-state index contributed by atoms with van der Waals surface area (Å²) in [6.45, 7) is 4.30. The second kappa shape index (κ2) is 3.58. The Morgan fingerprint density at radius 1 is 1.55 bits per heavy atom. The van der Waals surface area contributed by atoms with Gasteiger partial charge in [0, 0.05) is 5.92 Å². The van der Waals surface area contributed by atoms with E-state index in [1.54, 1.807) is 6.26 Å². The molecule has 1 aromatic heterocycles. The molecule has 1 atom stereocenters. The van der Waals surface area contributed by atoms with Crippen LogP contribution in [-0.4, -0.2) is 11.7 Å². The highest BCUT2D eigenvalue weighted by Gasteiger charge is 2.16. The quantitative estimate of drug-likeness (QED) is 0.722. The minimum Gasteiger partial charge on any atom is -0.469 e. The molecule has 62 valence electrons.